The maximum absolute atomic E-state index is 12.7. The molecule has 0 aromatic carbocycles. The number of unbranched alkanes of at least 4 members (excludes halogenated alkanes) is 24. The molecule has 6 nitrogen and oxygen atoms in total. The molecule has 0 aromatic heterocycles. The number of hydrogen-bond acceptors (Lipinski definition) is 6. The molecule has 0 amide bonds. The molecule has 0 spiro atoms. The van der Waals surface area contributed by atoms with Gasteiger partial charge in [0.1, 0.15) is 13.2 Å². The van der Waals surface area contributed by atoms with Crippen LogP contribution in [0.5, 0.6) is 0 Å². The number of allylic oxidation sites excluding steroid dienone is 8. The molecule has 6 heteroatoms. The molecule has 0 radical (unpaired) electrons. The third-order valence-electron chi connectivity index (χ3n) is 10.3. The van der Waals surface area contributed by atoms with Crippen molar-refractivity contribution in [2.75, 3.05) is 13.2 Å². The van der Waals surface area contributed by atoms with E-state index in [2.05, 4.69) is 69.4 Å². The van der Waals surface area contributed by atoms with Crippen LogP contribution in [-0.2, 0) is 28.6 Å². The molecule has 1 atom stereocenters. The number of rotatable bonds is 43. The van der Waals surface area contributed by atoms with Crippen LogP contribution in [0.2, 0.25) is 0 Å². The Kier molecular flexibility index (Phi) is 43.9. The minimum Gasteiger partial charge on any atom is -0.462 e. The van der Waals surface area contributed by atoms with Crippen LogP contribution in [0, 0.1) is 0 Å². The van der Waals surface area contributed by atoms with Crippen molar-refractivity contribution in [3.05, 3.63) is 48.6 Å². The topological polar surface area (TPSA) is 78.9 Å². The van der Waals surface area contributed by atoms with Gasteiger partial charge in [-0.1, -0.05) is 198 Å². The van der Waals surface area contributed by atoms with E-state index in [1.807, 2.05) is 0 Å². The molecule has 0 aliphatic heterocycles. The fourth-order valence-corrected chi connectivity index (χ4v) is 6.63. The summed E-state index contributed by atoms with van der Waals surface area (Å²) in [6, 6.07) is 0. The van der Waals surface area contributed by atoms with E-state index in [4.69, 9.17) is 14.2 Å². The number of ether oxygens (including phenoxy) is 3. The van der Waals surface area contributed by atoms with Gasteiger partial charge >= 0.3 is 17.9 Å². The largest absolute Gasteiger partial charge is 0.462 e. The lowest BCUT2D eigenvalue weighted by molar-refractivity contribution is -0.167. The monoisotopic (exact) mass is 799 g/mol. The van der Waals surface area contributed by atoms with E-state index in [-0.39, 0.29) is 31.1 Å². The van der Waals surface area contributed by atoms with Crippen LogP contribution in [0.15, 0.2) is 48.6 Å². The van der Waals surface area contributed by atoms with E-state index in [1.165, 1.54) is 83.5 Å². The van der Waals surface area contributed by atoms with Gasteiger partial charge in [0.05, 0.1) is 0 Å². The molecular weight excluding hydrogens is 709 g/mol. The zero-order valence-corrected chi connectivity index (χ0v) is 37.6. The molecule has 0 bridgehead atoms. The SMILES string of the molecule is CCC/C=C\C/C=C\CCCCCCCC(=O)OCC(COC(=O)CCCCCCCCCCCCCCC)OC(=O)CCCCCCC/C=C\C/C=C\CCC. The van der Waals surface area contributed by atoms with Gasteiger partial charge in [-0.05, 0) is 70.6 Å². The lowest BCUT2D eigenvalue weighted by atomic mass is 10.0. The first-order chi connectivity index (χ1) is 28.0. The molecular formula is C51H90O6. The first-order valence-electron chi connectivity index (χ1n) is 24.1. The first kappa shape index (κ1) is 54.4. The van der Waals surface area contributed by atoms with Gasteiger partial charge in [-0.15, -0.1) is 0 Å². The Labute approximate surface area is 352 Å². The van der Waals surface area contributed by atoms with E-state index < -0.39 is 6.10 Å². The van der Waals surface area contributed by atoms with Crippen LogP contribution in [-0.4, -0.2) is 37.2 Å². The van der Waals surface area contributed by atoms with Crippen molar-refractivity contribution < 1.29 is 28.6 Å². The van der Waals surface area contributed by atoms with Crippen LogP contribution in [0.25, 0.3) is 0 Å². The van der Waals surface area contributed by atoms with Crippen molar-refractivity contribution in [1.29, 1.82) is 0 Å². The van der Waals surface area contributed by atoms with Crippen molar-refractivity contribution >= 4 is 17.9 Å². The van der Waals surface area contributed by atoms with Crippen molar-refractivity contribution in [3.63, 3.8) is 0 Å². The fourth-order valence-electron chi connectivity index (χ4n) is 6.63. The minimum absolute atomic E-state index is 0.0817. The summed E-state index contributed by atoms with van der Waals surface area (Å²) in [4.78, 5) is 37.8. The molecule has 0 heterocycles. The highest BCUT2D eigenvalue weighted by Crippen LogP contribution is 2.15. The molecule has 1 unspecified atom stereocenters. The van der Waals surface area contributed by atoms with E-state index >= 15 is 0 Å². The molecule has 0 N–H and O–H groups in total. The second kappa shape index (κ2) is 46.1. The summed E-state index contributed by atoms with van der Waals surface area (Å²) in [5.74, 6) is -0.908. The standard InChI is InChI=1S/C51H90O6/c1-4-7-10-13-16-19-22-25-28-31-34-37-40-43-49(52)55-46-48(57-51(54)45-42-39-36-33-30-27-24-21-18-15-12-9-6-3)47-56-50(53)44-41-38-35-32-29-26-23-20-17-14-11-8-5-2/h10,12-13,15,19,21-22,24,48H,4-9,11,14,16-18,20,23,25-47H2,1-3H3/b13-10-,15-12-,22-19-,24-21-. The zero-order chi connectivity index (χ0) is 41.5. The highest BCUT2D eigenvalue weighted by atomic mass is 16.6. The average Bonchev–Trinajstić information content (AvgIpc) is 3.21. The first-order valence-corrected chi connectivity index (χ1v) is 24.1. The molecule has 57 heavy (non-hydrogen) atoms. The smallest absolute Gasteiger partial charge is 0.306 e. The van der Waals surface area contributed by atoms with Crippen LogP contribution in [0.3, 0.4) is 0 Å². The average molecular weight is 799 g/mol. The van der Waals surface area contributed by atoms with Crippen LogP contribution in [0.4, 0.5) is 0 Å². The normalized spacial score (nSPS) is 12.4. The Morgan fingerprint density at radius 3 is 1.04 bits per heavy atom. The predicted molar refractivity (Wildman–Crippen MR) is 242 cm³/mol. The number of esters is 3. The zero-order valence-electron chi connectivity index (χ0n) is 37.6. The number of carbonyl (C=O) groups excluding carboxylic acids is 3. The predicted octanol–water partition coefficient (Wildman–Crippen LogP) is 15.5. The summed E-state index contributed by atoms with van der Waals surface area (Å²) in [6.07, 6.45) is 53.7. The van der Waals surface area contributed by atoms with Gasteiger partial charge in [-0.3, -0.25) is 14.4 Å². The van der Waals surface area contributed by atoms with Gasteiger partial charge < -0.3 is 14.2 Å². The van der Waals surface area contributed by atoms with Gasteiger partial charge in [0, 0.05) is 19.3 Å². The highest BCUT2D eigenvalue weighted by Gasteiger charge is 2.19. The summed E-state index contributed by atoms with van der Waals surface area (Å²) in [6.45, 7) is 6.48. The van der Waals surface area contributed by atoms with Crippen molar-refractivity contribution in [2.45, 2.75) is 245 Å². The summed E-state index contributed by atoms with van der Waals surface area (Å²) in [7, 11) is 0. The summed E-state index contributed by atoms with van der Waals surface area (Å²) < 4.78 is 16.7. The molecule has 0 saturated carbocycles. The Morgan fingerprint density at radius 2 is 0.667 bits per heavy atom. The van der Waals surface area contributed by atoms with E-state index in [9.17, 15) is 14.4 Å². The summed E-state index contributed by atoms with van der Waals surface area (Å²) >= 11 is 0. The number of carbonyl (C=O) groups is 3. The third-order valence-corrected chi connectivity index (χ3v) is 10.3. The summed E-state index contributed by atoms with van der Waals surface area (Å²) in [5.41, 5.74) is 0. The van der Waals surface area contributed by atoms with E-state index in [0.29, 0.717) is 19.3 Å². The molecule has 0 aromatic rings. The lowest BCUT2D eigenvalue weighted by Crippen LogP contribution is -2.30. The molecule has 0 aliphatic carbocycles. The Bertz CT molecular complexity index is 1010. The van der Waals surface area contributed by atoms with Gasteiger partial charge in [0.15, 0.2) is 6.10 Å². The molecule has 330 valence electrons. The Balaban J connectivity index is 4.41. The Morgan fingerprint density at radius 1 is 0.351 bits per heavy atom. The van der Waals surface area contributed by atoms with Crippen molar-refractivity contribution in [1.82, 2.24) is 0 Å². The van der Waals surface area contributed by atoms with E-state index in [0.717, 1.165) is 116 Å². The van der Waals surface area contributed by atoms with Crippen LogP contribution in [0.1, 0.15) is 239 Å². The molecule has 0 saturated heterocycles. The second-order valence-corrected chi connectivity index (χ2v) is 16.0. The highest BCUT2D eigenvalue weighted by molar-refractivity contribution is 5.71. The van der Waals surface area contributed by atoms with Crippen molar-refractivity contribution in [3.8, 4) is 0 Å². The van der Waals surface area contributed by atoms with Gasteiger partial charge in [-0.2, -0.15) is 0 Å². The lowest BCUT2D eigenvalue weighted by Gasteiger charge is -2.18. The van der Waals surface area contributed by atoms with Crippen LogP contribution >= 0.6 is 0 Å². The third kappa shape index (κ3) is 44.3. The second-order valence-electron chi connectivity index (χ2n) is 16.0. The Hall–Kier alpha value is -2.63. The van der Waals surface area contributed by atoms with Crippen molar-refractivity contribution in [2.24, 2.45) is 0 Å². The number of hydrogen-bond donors (Lipinski definition) is 0. The maximum atomic E-state index is 12.7. The van der Waals surface area contributed by atoms with Crippen LogP contribution < -0.4 is 0 Å². The van der Waals surface area contributed by atoms with Gasteiger partial charge in [-0.25, -0.2) is 0 Å². The fraction of sp³-hybridized carbons (Fsp3) is 0.784. The maximum Gasteiger partial charge on any atom is 0.306 e. The molecule has 0 aliphatic rings. The van der Waals surface area contributed by atoms with Gasteiger partial charge in [0.25, 0.3) is 0 Å². The summed E-state index contributed by atoms with van der Waals surface area (Å²) in [5, 5.41) is 0. The van der Waals surface area contributed by atoms with Gasteiger partial charge in [0.2, 0.25) is 0 Å². The quantitative estimate of drug-likeness (QED) is 0.0265. The molecule has 0 rings (SSSR count). The molecule has 0 fully saturated rings. The minimum atomic E-state index is -0.782. The van der Waals surface area contributed by atoms with E-state index in [1.54, 1.807) is 0 Å².